The molecule has 0 aliphatic rings. The van der Waals surface area contributed by atoms with Gasteiger partial charge in [0.15, 0.2) is 0 Å². The number of halogens is 3. The lowest BCUT2D eigenvalue weighted by molar-refractivity contribution is -0.136. The monoisotopic (exact) mass is 379 g/mol. The van der Waals surface area contributed by atoms with Crippen molar-refractivity contribution < 1.29 is 17.9 Å². The van der Waals surface area contributed by atoms with Gasteiger partial charge in [0.1, 0.15) is 11.9 Å². The average molecular weight is 379 g/mol. The molecule has 6 heteroatoms. The second-order valence-corrected chi connectivity index (χ2v) is 7.35. The molecule has 1 heterocycles. The van der Waals surface area contributed by atoms with Crippen LogP contribution in [0.2, 0.25) is 0 Å². The minimum Gasteiger partial charge on any atom is -0.484 e. The fraction of sp³-hybridized carbons (Fsp3) is 0.300. The number of benzene rings is 2. The van der Waals surface area contributed by atoms with Gasteiger partial charge in [0.25, 0.3) is 0 Å². The molecule has 2 nitrogen and oxygen atoms in total. The smallest absolute Gasteiger partial charge is 0.417 e. The molecule has 138 valence electrons. The van der Waals surface area contributed by atoms with Gasteiger partial charge in [-0.05, 0) is 43.1 Å². The molecule has 0 aliphatic carbocycles. The molecule has 1 aromatic heterocycles. The third-order valence-corrected chi connectivity index (χ3v) is 5.12. The Morgan fingerprint density at radius 1 is 1.00 bits per heavy atom. The topological polar surface area (TPSA) is 12.5 Å². The van der Waals surface area contributed by atoms with Gasteiger partial charge in [0.2, 0.25) is 0 Å². The van der Waals surface area contributed by atoms with Gasteiger partial charge >= 0.3 is 6.18 Å². The highest BCUT2D eigenvalue weighted by Gasteiger charge is 2.33. The summed E-state index contributed by atoms with van der Waals surface area (Å²) in [6, 6.07) is 13.0. The Morgan fingerprint density at radius 3 is 2.35 bits per heavy atom. The van der Waals surface area contributed by atoms with E-state index in [1.807, 2.05) is 31.6 Å². The van der Waals surface area contributed by atoms with E-state index >= 15 is 0 Å². The summed E-state index contributed by atoms with van der Waals surface area (Å²) >= 11 is 1.59. The standard InChI is InChI=1S/C20H20F3NOS/c1-24(2)12-11-18(19-8-5-13-26-19)25-17-10-9-16(20(21,22)23)14-6-3-4-7-15(14)17/h3-10,13,18H,11-12H2,1-2H3. The molecule has 1 unspecified atom stereocenters. The lowest BCUT2D eigenvalue weighted by atomic mass is 10.0. The molecule has 2 aromatic carbocycles. The van der Waals surface area contributed by atoms with Gasteiger partial charge < -0.3 is 9.64 Å². The highest BCUT2D eigenvalue weighted by molar-refractivity contribution is 7.10. The van der Waals surface area contributed by atoms with E-state index in [1.54, 1.807) is 29.5 Å². The maximum Gasteiger partial charge on any atom is 0.417 e. The van der Waals surface area contributed by atoms with Crippen LogP contribution in [-0.4, -0.2) is 25.5 Å². The van der Waals surface area contributed by atoms with Crippen molar-refractivity contribution in [2.24, 2.45) is 0 Å². The molecule has 3 aromatic rings. The van der Waals surface area contributed by atoms with Gasteiger partial charge in [-0.3, -0.25) is 0 Å². The van der Waals surface area contributed by atoms with E-state index in [4.69, 9.17) is 4.74 Å². The van der Waals surface area contributed by atoms with E-state index in [1.165, 1.54) is 12.1 Å². The molecule has 0 radical (unpaired) electrons. The first-order valence-corrected chi connectivity index (χ1v) is 9.18. The first kappa shape index (κ1) is 18.7. The quantitative estimate of drug-likeness (QED) is 0.521. The van der Waals surface area contributed by atoms with Crippen molar-refractivity contribution in [3.8, 4) is 5.75 Å². The van der Waals surface area contributed by atoms with E-state index in [0.717, 1.165) is 23.9 Å². The number of hydrogen-bond acceptors (Lipinski definition) is 3. The summed E-state index contributed by atoms with van der Waals surface area (Å²) in [5.74, 6) is 0.478. The van der Waals surface area contributed by atoms with Crippen LogP contribution in [-0.2, 0) is 6.18 Å². The first-order chi connectivity index (χ1) is 12.4. The Kier molecular flexibility index (Phi) is 5.53. The molecule has 0 saturated heterocycles. The van der Waals surface area contributed by atoms with E-state index < -0.39 is 11.7 Å². The Labute approximate surface area is 154 Å². The summed E-state index contributed by atoms with van der Waals surface area (Å²) in [6.07, 6.45) is -3.84. The van der Waals surface area contributed by atoms with Gasteiger partial charge in [-0.25, -0.2) is 0 Å². The Hall–Kier alpha value is -2.05. The molecule has 0 fully saturated rings. The van der Waals surface area contributed by atoms with Crippen molar-refractivity contribution in [1.82, 2.24) is 4.90 Å². The number of hydrogen-bond donors (Lipinski definition) is 0. The summed E-state index contributed by atoms with van der Waals surface area (Å²) in [5, 5.41) is 2.62. The third kappa shape index (κ3) is 4.19. The summed E-state index contributed by atoms with van der Waals surface area (Å²) < 4.78 is 46.1. The van der Waals surface area contributed by atoms with Crippen molar-refractivity contribution in [3.05, 3.63) is 64.4 Å². The Morgan fingerprint density at radius 2 is 1.73 bits per heavy atom. The molecule has 0 N–H and O–H groups in total. The Bertz CT molecular complexity index is 859. The lowest BCUT2D eigenvalue weighted by Crippen LogP contribution is -2.18. The van der Waals surface area contributed by atoms with Gasteiger partial charge in [0, 0.05) is 23.2 Å². The molecule has 26 heavy (non-hydrogen) atoms. The molecular weight excluding hydrogens is 359 g/mol. The maximum atomic E-state index is 13.3. The molecule has 0 amide bonds. The van der Waals surface area contributed by atoms with E-state index in [9.17, 15) is 13.2 Å². The number of fused-ring (bicyclic) bond motifs is 1. The molecule has 0 bridgehead atoms. The lowest BCUT2D eigenvalue weighted by Gasteiger charge is -2.22. The SMILES string of the molecule is CN(C)CCC(Oc1ccc(C(F)(F)F)c2ccccc12)c1cccs1. The summed E-state index contributed by atoms with van der Waals surface area (Å²) in [6.45, 7) is 0.821. The largest absolute Gasteiger partial charge is 0.484 e. The number of alkyl halides is 3. The van der Waals surface area contributed by atoms with Crippen molar-refractivity contribution in [2.75, 3.05) is 20.6 Å². The van der Waals surface area contributed by atoms with Crippen molar-refractivity contribution in [2.45, 2.75) is 18.7 Å². The van der Waals surface area contributed by atoms with Crippen molar-refractivity contribution in [3.63, 3.8) is 0 Å². The average Bonchev–Trinajstić information content (AvgIpc) is 3.11. The van der Waals surface area contributed by atoms with Gasteiger partial charge in [-0.15, -0.1) is 11.3 Å². The maximum absolute atomic E-state index is 13.3. The molecule has 0 saturated carbocycles. The fourth-order valence-corrected chi connectivity index (χ4v) is 3.67. The predicted molar refractivity (Wildman–Crippen MR) is 99.8 cm³/mol. The number of nitrogens with zero attached hydrogens (tertiary/aromatic N) is 1. The molecule has 0 spiro atoms. The van der Waals surface area contributed by atoms with Crippen LogP contribution in [0.15, 0.2) is 53.9 Å². The van der Waals surface area contributed by atoms with Crippen LogP contribution in [0, 0.1) is 0 Å². The third-order valence-electron chi connectivity index (χ3n) is 4.16. The fourth-order valence-electron chi connectivity index (χ4n) is 2.88. The highest BCUT2D eigenvalue weighted by Crippen LogP contribution is 2.40. The molecule has 3 rings (SSSR count). The number of rotatable bonds is 6. The molecular formula is C20H20F3NOS. The minimum absolute atomic E-state index is 0.162. The normalized spacial score (nSPS) is 13.3. The van der Waals surface area contributed by atoms with Crippen LogP contribution >= 0.6 is 11.3 Å². The van der Waals surface area contributed by atoms with E-state index in [0.29, 0.717) is 11.1 Å². The molecule has 0 aliphatic heterocycles. The van der Waals surface area contributed by atoms with Crippen LogP contribution in [0.1, 0.15) is 23.0 Å². The zero-order valence-electron chi connectivity index (χ0n) is 14.6. The van der Waals surface area contributed by atoms with Crippen LogP contribution in [0.5, 0.6) is 5.75 Å². The summed E-state index contributed by atoms with van der Waals surface area (Å²) in [4.78, 5) is 3.13. The number of ether oxygens (including phenoxy) is 1. The summed E-state index contributed by atoms with van der Waals surface area (Å²) in [7, 11) is 3.97. The van der Waals surface area contributed by atoms with E-state index in [2.05, 4.69) is 4.90 Å². The zero-order chi connectivity index (χ0) is 18.7. The van der Waals surface area contributed by atoms with Crippen molar-refractivity contribution >= 4 is 22.1 Å². The Balaban J connectivity index is 1.99. The van der Waals surface area contributed by atoms with E-state index in [-0.39, 0.29) is 11.5 Å². The van der Waals surface area contributed by atoms with Crippen LogP contribution in [0.3, 0.4) is 0 Å². The minimum atomic E-state index is -4.39. The predicted octanol–water partition coefficient (Wildman–Crippen LogP) is 5.99. The van der Waals surface area contributed by atoms with Crippen LogP contribution in [0.25, 0.3) is 10.8 Å². The molecule has 1 atom stereocenters. The second kappa shape index (κ2) is 7.68. The van der Waals surface area contributed by atoms with Gasteiger partial charge in [-0.1, -0.05) is 30.3 Å². The zero-order valence-corrected chi connectivity index (χ0v) is 15.4. The van der Waals surface area contributed by atoms with Crippen LogP contribution < -0.4 is 4.74 Å². The second-order valence-electron chi connectivity index (χ2n) is 6.37. The summed E-state index contributed by atoms with van der Waals surface area (Å²) in [5.41, 5.74) is -0.638. The van der Waals surface area contributed by atoms with Gasteiger partial charge in [-0.2, -0.15) is 13.2 Å². The first-order valence-electron chi connectivity index (χ1n) is 8.30. The highest BCUT2D eigenvalue weighted by atomic mass is 32.1. The number of thiophene rings is 1. The van der Waals surface area contributed by atoms with Gasteiger partial charge in [0.05, 0.1) is 5.56 Å². The van der Waals surface area contributed by atoms with Crippen molar-refractivity contribution in [1.29, 1.82) is 0 Å². The van der Waals surface area contributed by atoms with Crippen LogP contribution in [0.4, 0.5) is 13.2 Å².